The van der Waals surface area contributed by atoms with Crippen LogP contribution in [0.4, 0.5) is 0 Å². The van der Waals surface area contributed by atoms with Gasteiger partial charge in [0.05, 0.1) is 11.0 Å². The van der Waals surface area contributed by atoms with Gasteiger partial charge in [-0.15, -0.1) is 0 Å². The summed E-state index contributed by atoms with van der Waals surface area (Å²) in [6, 6.07) is 46.9. The third-order valence-electron chi connectivity index (χ3n) is 6.59. The lowest BCUT2D eigenvalue weighted by Gasteiger charge is -2.47. The van der Waals surface area contributed by atoms with Gasteiger partial charge < -0.3 is 0 Å². The fourth-order valence-corrected chi connectivity index (χ4v) is 9.56. The van der Waals surface area contributed by atoms with Crippen molar-refractivity contribution in [3.63, 3.8) is 0 Å². The molecule has 2 heteroatoms. The molecule has 5 aromatic carbocycles. The van der Waals surface area contributed by atoms with Gasteiger partial charge in [0.15, 0.2) is 0 Å². The van der Waals surface area contributed by atoms with Crippen molar-refractivity contribution in [1.82, 2.24) is 3.97 Å². The molecule has 0 aliphatic carbocycles. The van der Waals surface area contributed by atoms with Crippen LogP contribution in [0.25, 0.3) is 32.9 Å². The SMILES string of the molecule is c1ccc(S2(c3ccccc3)c3ccccc3-c3cccc4c5ccccc5n2c34)cc1. The standard InChI is InChI=1S/C30H21NS/c1-3-12-22(13-4-1)32(23-14-5-2-6-15-23)29-21-10-8-17-25(29)27-19-11-18-26-24-16-7-9-20-28(24)31(32)30(26)27/h1-21H. The summed E-state index contributed by atoms with van der Waals surface area (Å²) in [5.74, 6) is 0. The van der Waals surface area contributed by atoms with Gasteiger partial charge >= 0.3 is 0 Å². The van der Waals surface area contributed by atoms with E-state index >= 15 is 0 Å². The summed E-state index contributed by atoms with van der Waals surface area (Å²) in [6.07, 6.45) is 0. The second-order valence-corrected chi connectivity index (χ2v) is 11.1. The van der Waals surface area contributed by atoms with Crippen molar-refractivity contribution in [2.24, 2.45) is 0 Å². The first-order valence-electron chi connectivity index (χ1n) is 11.0. The summed E-state index contributed by atoms with van der Waals surface area (Å²) in [4.78, 5) is 4.12. The molecule has 1 nitrogen and oxygen atoms in total. The van der Waals surface area contributed by atoms with Gasteiger partial charge in [0.2, 0.25) is 0 Å². The molecule has 6 aromatic rings. The first kappa shape index (κ1) is 17.9. The summed E-state index contributed by atoms with van der Waals surface area (Å²) < 4.78 is 2.68. The lowest BCUT2D eigenvalue weighted by atomic mass is 10.0. The highest BCUT2D eigenvalue weighted by Crippen LogP contribution is 2.74. The van der Waals surface area contributed by atoms with Crippen LogP contribution in [0.3, 0.4) is 0 Å². The lowest BCUT2D eigenvalue weighted by molar-refractivity contribution is 1.19. The molecular formula is C30H21NS. The Labute approximate surface area is 189 Å². The molecule has 1 aliphatic heterocycles. The normalized spacial score (nSPS) is 14.9. The molecule has 2 heterocycles. The van der Waals surface area contributed by atoms with Gasteiger partial charge in [-0.2, -0.15) is 0 Å². The molecule has 0 N–H and O–H groups in total. The van der Waals surface area contributed by atoms with Gasteiger partial charge in [-0.3, -0.25) is 3.97 Å². The number of benzene rings is 5. The van der Waals surface area contributed by atoms with Crippen LogP contribution in [0.2, 0.25) is 0 Å². The molecule has 0 amide bonds. The Morgan fingerprint density at radius 2 is 1.00 bits per heavy atom. The number of para-hydroxylation sites is 2. The molecule has 1 aliphatic rings. The predicted octanol–water partition coefficient (Wildman–Crippen LogP) is 8.52. The van der Waals surface area contributed by atoms with Crippen molar-refractivity contribution in [2.45, 2.75) is 14.7 Å². The van der Waals surface area contributed by atoms with E-state index in [9.17, 15) is 0 Å². The first-order chi connectivity index (χ1) is 15.9. The summed E-state index contributed by atoms with van der Waals surface area (Å²) in [5.41, 5.74) is 5.31. The summed E-state index contributed by atoms with van der Waals surface area (Å²) in [5, 5.41) is 2.65. The predicted molar refractivity (Wildman–Crippen MR) is 136 cm³/mol. The Morgan fingerprint density at radius 3 is 1.75 bits per heavy atom. The quantitative estimate of drug-likeness (QED) is 0.260. The second-order valence-electron chi connectivity index (χ2n) is 8.22. The number of fused-ring (bicyclic) bond motifs is 5. The van der Waals surface area contributed by atoms with Crippen LogP contribution in [0, 0.1) is 0 Å². The van der Waals surface area contributed by atoms with Crippen molar-refractivity contribution in [3.8, 4) is 11.1 Å². The maximum absolute atomic E-state index is 2.68. The maximum atomic E-state index is 2.68. The Morgan fingerprint density at radius 1 is 0.438 bits per heavy atom. The molecule has 0 radical (unpaired) electrons. The Balaban J connectivity index is 1.82. The zero-order chi connectivity index (χ0) is 21.1. The molecule has 1 aromatic heterocycles. The average molecular weight is 428 g/mol. The number of hydrogen-bond acceptors (Lipinski definition) is 0. The minimum atomic E-state index is -1.75. The van der Waals surface area contributed by atoms with E-state index in [4.69, 9.17) is 0 Å². The molecule has 0 spiro atoms. The third kappa shape index (κ3) is 2.15. The Bertz CT molecular complexity index is 1570. The maximum Gasteiger partial charge on any atom is 0.0677 e. The molecule has 0 atom stereocenters. The fourth-order valence-electron chi connectivity index (χ4n) is 5.36. The minimum Gasteiger partial charge on any atom is -0.289 e. The number of nitrogens with zero attached hydrogens (tertiary/aromatic N) is 1. The van der Waals surface area contributed by atoms with Gasteiger partial charge in [0.25, 0.3) is 0 Å². The molecule has 0 saturated carbocycles. The molecular weight excluding hydrogens is 406 g/mol. The van der Waals surface area contributed by atoms with Gasteiger partial charge in [-0.25, -0.2) is 0 Å². The number of rotatable bonds is 2. The highest BCUT2D eigenvalue weighted by molar-refractivity contribution is 8.33. The smallest absolute Gasteiger partial charge is 0.0677 e. The van der Waals surface area contributed by atoms with Crippen LogP contribution in [-0.2, 0) is 0 Å². The van der Waals surface area contributed by atoms with Crippen molar-refractivity contribution >= 4 is 32.0 Å². The molecule has 0 fully saturated rings. The van der Waals surface area contributed by atoms with E-state index in [0.717, 1.165) is 0 Å². The van der Waals surface area contributed by atoms with Crippen LogP contribution in [-0.4, -0.2) is 3.97 Å². The second kappa shape index (κ2) is 6.62. The van der Waals surface area contributed by atoms with E-state index in [1.54, 1.807) is 0 Å². The van der Waals surface area contributed by atoms with Gasteiger partial charge in [0, 0.05) is 31.0 Å². The van der Waals surface area contributed by atoms with E-state index in [1.807, 2.05) is 0 Å². The first-order valence-corrected chi connectivity index (χ1v) is 12.6. The molecule has 152 valence electrons. The molecule has 0 unspecified atom stereocenters. The van der Waals surface area contributed by atoms with Crippen LogP contribution < -0.4 is 0 Å². The number of aromatic nitrogens is 1. The number of hydrogen-bond donors (Lipinski definition) is 0. The largest absolute Gasteiger partial charge is 0.289 e. The molecule has 0 bridgehead atoms. The monoisotopic (exact) mass is 427 g/mol. The van der Waals surface area contributed by atoms with E-state index in [0.29, 0.717) is 0 Å². The minimum absolute atomic E-state index is 1.30. The van der Waals surface area contributed by atoms with E-state index < -0.39 is 10.2 Å². The van der Waals surface area contributed by atoms with Crippen molar-refractivity contribution in [2.75, 3.05) is 0 Å². The van der Waals surface area contributed by atoms with Crippen LogP contribution in [0.15, 0.2) is 142 Å². The Hall–Kier alpha value is -3.75. The van der Waals surface area contributed by atoms with Crippen LogP contribution in [0.1, 0.15) is 0 Å². The summed E-state index contributed by atoms with van der Waals surface area (Å²) in [7, 11) is -1.75. The average Bonchev–Trinajstić information content (AvgIpc) is 3.22. The van der Waals surface area contributed by atoms with Crippen LogP contribution >= 0.6 is 10.2 Å². The van der Waals surface area contributed by atoms with E-state index in [2.05, 4.69) is 131 Å². The summed E-state index contributed by atoms with van der Waals surface area (Å²) >= 11 is 0. The highest BCUT2D eigenvalue weighted by Gasteiger charge is 2.40. The van der Waals surface area contributed by atoms with E-state index in [1.165, 1.54) is 47.6 Å². The Kier molecular flexibility index (Phi) is 3.70. The third-order valence-corrected chi connectivity index (χ3v) is 10.4. The summed E-state index contributed by atoms with van der Waals surface area (Å²) in [6.45, 7) is 0. The van der Waals surface area contributed by atoms with Gasteiger partial charge in [0.1, 0.15) is 0 Å². The van der Waals surface area contributed by atoms with Crippen molar-refractivity contribution in [1.29, 1.82) is 0 Å². The van der Waals surface area contributed by atoms with Gasteiger partial charge in [-0.1, -0.05) is 101 Å². The molecule has 7 rings (SSSR count). The fraction of sp³-hybridized carbons (Fsp3) is 0. The molecule has 0 saturated heterocycles. The van der Waals surface area contributed by atoms with Gasteiger partial charge in [-0.05, 0) is 42.0 Å². The zero-order valence-corrected chi connectivity index (χ0v) is 18.3. The van der Waals surface area contributed by atoms with Crippen molar-refractivity contribution < 1.29 is 0 Å². The zero-order valence-electron chi connectivity index (χ0n) is 17.5. The molecule has 32 heavy (non-hydrogen) atoms. The van der Waals surface area contributed by atoms with Crippen LogP contribution in [0.5, 0.6) is 0 Å². The van der Waals surface area contributed by atoms with E-state index in [-0.39, 0.29) is 0 Å². The highest BCUT2D eigenvalue weighted by atomic mass is 32.3. The lowest BCUT2D eigenvalue weighted by Crippen LogP contribution is -2.17. The van der Waals surface area contributed by atoms with Crippen molar-refractivity contribution in [3.05, 3.63) is 127 Å². The topological polar surface area (TPSA) is 4.93 Å².